The Morgan fingerprint density at radius 1 is 1.38 bits per heavy atom. The topological polar surface area (TPSA) is 115 Å². The number of sulfone groups is 1. The van der Waals surface area contributed by atoms with E-state index in [9.17, 15) is 13.2 Å². The van der Waals surface area contributed by atoms with Crippen molar-refractivity contribution in [1.82, 2.24) is 0 Å². The molecule has 21 heavy (non-hydrogen) atoms. The van der Waals surface area contributed by atoms with E-state index in [4.69, 9.17) is 11.5 Å². The molecule has 1 amide bonds. The molecule has 0 aromatic carbocycles. The van der Waals surface area contributed by atoms with Gasteiger partial charge in [-0.1, -0.05) is 19.8 Å². The van der Waals surface area contributed by atoms with Crippen LogP contribution in [0.2, 0.25) is 0 Å². The van der Waals surface area contributed by atoms with Crippen molar-refractivity contribution in [1.29, 1.82) is 0 Å². The molecule has 0 spiro atoms. The molecule has 5 N–H and O–H groups in total. The van der Waals surface area contributed by atoms with Crippen LogP contribution in [-0.4, -0.2) is 26.6 Å². The second-order valence-electron chi connectivity index (χ2n) is 5.30. The Morgan fingerprint density at radius 3 is 2.52 bits per heavy atom. The Balaban J connectivity index is 2.33. The zero-order chi connectivity index (χ0) is 15.6. The van der Waals surface area contributed by atoms with Gasteiger partial charge in [-0.2, -0.15) is 0 Å². The molecule has 6 nitrogen and oxygen atoms in total. The number of nitrogens with two attached hydrogens (primary N) is 2. The number of thiophene rings is 1. The van der Waals surface area contributed by atoms with Crippen molar-refractivity contribution in [3.63, 3.8) is 0 Å². The van der Waals surface area contributed by atoms with Gasteiger partial charge in [0.15, 0.2) is 9.84 Å². The first-order valence-corrected chi connectivity index (χ1v) is 9.52. The lowest BCUT2D eigenvalue weighted by molar-refractivity contribution is 0.100. The summed E-state index contributed by atoms with van der Waals surface area (Å²) in [5.41, 5.74) is 11.1. The van der Waals surface area contributed by atoms with E-state index in [1.807, 2.05) is 0 Å². The van der Waals surface area contributed by atoms with E-state index in [1.165, 1.54) is 12.8 Å². The van der Waals surface area contributed by atoms with Gasteiger partial charge in [-0.05, 0) is 18.8 Å². The maximum atomic E-state index is 12.2. The summed E-state index contributed by atoms with van der Waals surface area (Å²) in [6.45, 7) is 2.25. The maximum Gasteiger partial charge on any atom is 0.261 e. The van der Waals surface area contributed by atoms with Gasteiger partial charge in [0.1, 0.15) is 14.8 Å². The highest BCUT2D eigenvalue weighted by atomic mass is 32.2. The first-order chi connectivity index (χ1) is 9.86. The first kappa shape index (κ1) is 16.1. The fraction of sp³-hybridized carbons (Fsp3) is 0.615. The fourth-order valence-electron chi connectivity index (χ4n) is 2.63. The van der Waals surface area contributed by atoms with Crippen LogP contribution in [0.1, 0.15) is 42.3 Å². The van der Waals surface area contributed by atoms with Gasteiger partial charge in [0.2, 0.25) is 0 Å². The molecule has 0 atom stereocenters. The van der Waals surface area contributed by atoms with Crippen molar-refractivity contribution < 1.29 is 13.2 Å². The zero-order valence-corrected chi connectivity index (χ0v) is 13.6. The summed E-state index contributed by atoms with van der Waals surface area (Å²) in [4.78, 5) is 11.5. The van der Waals surface area contributed by atoms with Crippen molar-refractivity contribution in [2.45, 2.75) is 37.5 Å². The predicted molar refractivity (Wildman–Crippen MR) is 85.4 cm³/mol. The van der Waals surface area contributed by atoms with Crippen LogP contribution in [0.5, 0.6) is 0 Å². The number of primary amides is 1. The number of rotatable bonds is 6. The number of carbonyl (C=O) groups is 1. The van der Waals surface area contributed by atoms with E-state index < -0.39 is 15.7 Å². The highest BCUT2D eigenvalue weighted by molar-refractivity contribution is 7.91. The van der Waals surface area contributed by atoms with Crippen molar-refractivity contribution in [3.05, 3.63) is 4.88 Å². The van der Waals surface area contributed by atoms with Gasteiger partial charge in [0.25, 0.3) is 5.91 Å². The standard InChI is InChI=1S/C13H21N3O3S2/c1-2-21(18,19)11-9(14)10(12(15)17)20-13(11)16-7-8-5-3-4-6-8/h8,16H,2-7,14H2,1H3,(H2,15,17). The van der Waals surface area contributed by atoms with Gasteiger partial charge in [-0.3, -0.25) is 4.79 Å². The number of anilines is 2. The molecule has 8 heteroatoms. The summed E-state index contributed by atoms with van der Waals surface area (Å²) in [5, 5.41) is 3.60. The Bertz CT molecular complexity index is 631. The summed E-state index contributed by atoms with van der Waals surface area (Å²) in [6.07, 6.45) is 4.72. The third kappa shape index (κ3) is 3.32. The molecule has 0 bridgehead atoms. The minimum atomic E-state index is -3.50. The predicted octanol–water partition coefficient (Wildman–Crippen LogP) is 1.82. The molecule has 0 radical (unpaired) electrons. The summed E-state index contributed by atoms with van der Waals surface area (Å²) in [6, 6.07) is 0. The summed E-state index contributed by atoms with van der Waals surface area (Å²) >= 11 is 1.03. The van der Waals surface area contributed by atoms with Crippen LogP contribution >= 0.6 is 11.3 Å². The molecule has 2 rings (SSSR count). The molecule has 0 saturated heterocycles. The second kappa shape index (κ2) is 6.23. The SMILES string of the molecule is CCS(=O)(=O)c1c(NCC2CCCC2)sc(C(N)=O)c1N. The van der Waals surface area contributed by atoms with Gasteiger partial charge >= 0.3 is 0 Å². The van der Waals surface area contributed by atoms with Crippen LogP contribution in [0.15, 0.2) is 4.90 Å². The summed E-state index contributed by atoms with van der Waals surface area (Å²) in [7, 11) is -3.50. The molecule has 118 valence electrons. The van der Waals surface area contributed by atoms with Gasteiger partial charge in [-0.25, -0.2) is 8.42 Å². The van der Waals surface area contributed by atoms with Crippen LogP contribution < -0.4 is 16.8 Å². The quantitative estimate of drug-likeness (QED) is 0.735. The highest BCUT2D eigenvalue weighted by Gasteiger charge is 2.28. The third-order valence-corrected chi connectivity index (χ3v) is 6.95. The largest absolute Gasteiger partial charge is 0.396 e. The molecule has 0 unspecified atom stereocenters. The Kier molecular flexibility index (Phi) is 4.77. The van der Waals surface area contributed by atoms with Gasteiger partial charge < -0.3 is 16.8 Å². The fourth-order valence-corrected chi connectivity index (χ4v) is 5.16. The van der Waals surface area contributed by atoms with Crippen LogP contribution in [0.25, 0.3) is 0 Å². The lowest BCUT2D eigenvalue weighted by Crippen LogP contribution is -2.14. The molecule has 1 aliphatic carbocycles. The molecule has 1 heterocycles. The van der Waals surface area contributed by atoms with E-state index in [2.05, 4.69) is 5.32 Å². The molecule has 1 saturated carbocycles. The van der Waals surface area contributed by atoms with E-state index in [0.29, 0.717) is 17.5 Å². The minimum absolute atomic E-state index is 0.0247. The number of nitrogen functional groups attached to an aromatic ring is 1. The Hall–Kier alpha value is -1.28. The number of amides is 1. The zero-order valence-electron chi connectivity index (χ0n) is 12.0. The second-order valence-corrected chi connectivity index (χ2v) is 8.54. The van der Waals surface area contributed by atoms with Crippen LogP contribution in [0.3, 0.4) is 0 Å². The number of hydrogen-bond donors (Lipinski definition) is 3. The van der Waals surface area contributed by atoms with Gasteiger partial charge in [0.05, 0.1) is 11.4 Å². The minimum Gasteiger partial charge on any atom is -0.396 e. The number of carbonyl (C=O) groups excluding carboxylic acids is 1. The lowest BCUT2D eigenvalue weighted by atomic mass is 10.1. The van der Waals surface area contributed by atoms with E-state index in [-0.39, 0.29) is 21.2 Å². The molecule has 1 aromatic rings. The van der Waals surface area contributed by atoms with Crippen LogP contribution in [-0.2, 0) is 9.84 Å². The van der Waals surface area contributed by atoms with Crippen LogP contribution in [0.4, 0.5) is 10.7 Å². The molecular formula is C13H21N3O3S2. The smallest absolute Gasteiger partial charge is 0.261 e. The maximum absolute atomic E-state index is 12.2. The normalized spacial score (nSPS) is 16.2. The summed E-state index contributed by atoms with van der Waals surface area (Å²) < 4.78 is 24.4. The molecule has 0 aliphatic heterocycles. The Labute approximate surface area is 128 Å². The average molecular weight is 331 g/mol. The molecule has 1 aromatic heterocycles. The Morgan fingerprint density at radius 2 is 2.00 bits per heavy atom. The molecule has 1 fully saturated rings. The van der Waals surface area contributed by atoms with E-state index in [1.54, 1.807) is 6.92 Å². The number of nitrogens with one attached hydrogen (secondary N) is 1. The van der Waals surface area contributed by atoms with Crippen LogP contribution in [0, 0.1) is 5.92 Å². The molecular weight excluding hydrogens is 310 g/mol. The van der Waals surface area contributed by atoms with Crippen molar-refractivity contribution in [2.24, 2.45) is 11.7 Å². The van der Waals surface area contributed by atoms with Crippen molar-refractivity contribution in [2.75, 3.05) is 23.3 Å². The van der Waals surface area contributed by atoms with Crippen molar-refractivity contribution in [3.8, 4) is 0 Å². The highest BCUT2D eigenvalue weighted by Crippen LogP contribution is 2.40. The third-order valence-electron chi connectivity index (χ3n) is 3.84. The summed E-state index contributed by atoms with van der Waals surface area (Å²) in [5.74, 6) is -0.217. The van der Waals surface area contributed by atoms with E-state index in [0.717, 1.165) is 24.2 Å². The lowest BCUT2D eigenvalue weighted by Gasteiger charge is -2.12. The van der Waals surface area contributed by atoms with Gasteiger partial charge in [-0.15, -0.1) is 11.3 Å². The first-order valence-electron chi connectivity index (χ1n) is 7.05. The molecule has 1 aliphatic rings. The number of hydrogen-bond acceptors (Lipinski definition) is 6. The van der Waals surface area contributed by atoms with E-state index >= 15 is 0 Å². The van der Waals surface area contributed by atoms with Gasteiger partial charge in [0, 0.05) is 6.54 Å². The monoisotopic (exact) mass is 331 g/mol. The van der Waals surface area contributed by atoms with Crippen molar-refractivity contribution >= 4 is 37.8 Å². The average Bonchev–Trinajstić information content (AvgIpc) is 3.03.